The number of hydrogen-bond donors (Lipinski definition) is 1. The molecule has 0 aliphatic rings. The van der Waals surface area contributed by atoms with Crippen molar-refractivity contribution in [2.75, 3.05) is 5.75 Å². The molecule has 36 heavy (non-hydrogen) atoms. The maximum atomic E-state index is 13.6. The van der Waals surface area contributed by atoms with E-state index in [4.69, 9.17) is 0 Å². The van der Waals surface area contributed by atoms with E-state index in [0.717, 1.165) is 22.3 Å². The second-order valence-electron chi connectivity index (χ2n) is 10.1. The van der Waals surface area contributed by atoms with Gasteiger partial charge in [-0.15, -0.1) is 11.8 Å². The number of carbonyl (C=O) groups is 2. The highest BCUT2D eigenvalue weighted by Crippen LogP contribution is 2.20. The Morgan fingerprint density at radius 3 is 2.22 bits per heavy atom. The lowest BCUT2D eigenvalue weighted by molar-refractivity contribution is -0.140. The molecule has 0 saturated carbocycles. The highest BCUT2D eigenvalue weighted by atomic mass is 32.2. The van der Waals surface area contributed by atoms with Gasteiger partial charge < -0.3 is 10.2 Å². The van der Waals surface area contributed by atoms with Crippen LogP contribution in [0, 0.1) is 12.7 Å². The van der Waals surface area contributed by atoms with E-state index >= 15 is 0 Å². The molecule has 3 aromatic carbocycles. The maximum absolute atomic E-state index is 13.6. The van der Waals surface area contributed by atoms with Crippen LogP contribution in [0.5, 0.6) is 0 Å². The van der Waals surface area contributed by atoms with Gasteiger partial charge in [-0.3, -0.25) is 9.59 Å². The Morgan fingerprint density at radius 2 is 1.58 bits per heavy atom. The van der Waals surface area contributed by atoms with Crippen molar-refractivity contribution in [3.05, 3.63) is 107 Å². The van der Waals surface area contributed by atoms with E-state index in [1.165, 1.54) is 23.9 Å². The molecule has 190 valence electrons. The van der Waals surface area contributed by atoms with Gasteiger partial charge in [-0.25, -0.2) is 4.39 Å². The van der Waals surface area contributed by atoms with E-state index in [1.807, 2.05) is 82.3 Å². The molecule has 1 unspecified atom stereocenters. The summed E-state index contributed by atoms with van der Waals surface area (Å²) >= 11 is 1.47. The van der Waals surface area contributed by atoms with Crippen molar-refractivity contribution in [2.24, 2.45) is 0 Å². The van der Waals surface area contributed by atoms with Crippen LogP contribution >= 0.6 is 11.8 Å². The molecule has 0 aliphatic carbocycles. The molecule has 1 N–H and O–H groups in total. The van der Waals surface area contributed by atoms with Crippen LogP contribution in [-0.4, -0.2) is 34.0 Å². The summed E-state index contributed by atoms with van der Waals surface area (Å²) in [4.78, 5) is 28.9. The normalized spacial score (nSPS) is 12.1. The summed E-state index contributed by atoms with van der Waals surface area (Å²) in [7, 11) is 0. The van der Waals surface area contributed by atoms with Crippen LogP contribution in [0.1, 0.15) is 43.0 Å². The third kappa shape index (κ3) is 8.83. The molecule has 3 aromatic rings. The summed E-state index contributed by atoms with van der Waals surface area (Å²) in [6, 6.07) is 23.5. The highest BCUT2D eigenvalue weighted by Gasteiger charge is 2.32. The van der Waals surface area contributed by atoms with Gasteiger partial charge >= 0.3 is 0 Å². The summed E-state index contributed by atoms with van der Waals surface area (Å²) in [5.41, 5.74) is 3.60. The monoisotopic (exact) mass is 506 g/mol. The Morgan fingerprint density at radius 1 is 0.917 bits per heavy atom. The molecule has 0 fully saturated rings. The zero-order valence-electron chi connectivity index (χ0n) is 21.5. The first-order valence-corrected chi connectivity index (χ1v) is 13.3. The molecule has 1 atom stereocenters. The van der Waals surface area contributed by atoms with E-state index < -0.39 is 11.6 Å². The van der Waals surface area contributed by atoms with Crippen molar-refractivity contribution in [3.63, 3.8) is 0 Å². The van der Waals surface area contributed by atoms with Gasteiger partial charge in [0.05, 0.1) is 5.75 Å². The smallest absolute Gasteiger partial charge is 0.243 e. The van der Waals surface area contributed by atoms with E-state index in [1.54, 1.807) is 17.0 Å². The van der Waals surface area contributed by atoms with Gasteiger partial charge in [0.15, 0.2) is 0 Å². The lowest BCUT2D eigenvalue weighted by atomic mass is 10.0. The molecule has 0 spiro atoms. The van der Waals surface area contributed by atoms with Crippen LogP contribution in [0.25, 0.3) is 0 Å². The summed E-state index contributed by atoms with van der Waals surface area (Å²) in [6.07, 6.45) is 0.420. The van der Waals surface area contributed by atoms with Crippen molar-refractivity contribution in [3.8, 4) is 0 Å². The van der Waals surface area contributed by atoms with Gasteiger partial charge in [-0.05, 0) is 56.5 Å². The number of halogens is 1. The largest absolute Gasteiger partial charge is 0.350 e. The van der Waals surface area contributed by atoms with Crippen LogP contribution in [0.15, 0.2) is 78.9 Å². The topological polar surface area (TPSA) is 49.4 Å². The SMILES string of the molecule is Cc1cccc(CN(C(=O)CSCc2ccc(F)cc2)C(Cc2ccccc2)C(=O)NC(C)(C)C)c1. The minimum Gasteiger partial charge on any atom is -0.350 e. The van der Waals surface area contributed by atoms with Crippen LogP contribution in [0.4, 0.5) is 4.39 Å². The molecule has 0 saturated heterocycles. The Labute approximate surface area is 218 Å². The number of aryl methyl sites for hydroxylation is 1. The molecule has 4 nitrogen and oxygen atoms in total. The number of nitrogens with zero attached hydrogens (tertiary/aromatic N) is 1. The standard InChI is InChI=1S/C30H35FN2O2S/c1-22-9-8-12-25(17-22)19-33(28(34)21-36-20-24-13-15-26(31)16-14-24)27(29(35)32-30(2,3)4)18-23-10-6-5-7-11-23/h5-17,27H,18-21H2,1-4H3,(H,32,35). The molecular formula is C30H35FN2O2S. The van der Waals surface area contributed by atoms with Gasteiger partial charge in [0.25, 0.3) is 0 Å². The molecule has 3 rings (SSSR count). The average Bonchev–Trinajstić information content (AvgIpc) is 2.82. The van der Waals surface area contributed by atoms with Crippen molar-refractivity contribution in [1.82, 2.24) is 10.2 Å². The Kier molecular flexibility index (Phi) is 9.71. The molecule has 6 heteroatoms. The Bertz CT molecular complexity index is 1140. The number of amides is 2. The van der Waals surface area contributed by atoms with Crippen LogP contribution < -0.4 is 5.32 Å². The predicted octanol–water partition coefficient (Wildman–Crippen LogP) is 5.92. The number of hydrogen-bond acceptors (Lipinski definition) is 3. The van der Waals surface area contributed by atoms with Gasteiger partial charge in [0.1, 0.15) is 11.9 Å². The first-order valence-electron chi connectivity index (χ1n) is 12.1. The summed E-state index contributed by atoms with van der Waals surface area (Å²) in [5, 5.41) is 3.08. The third-order valence-corrected chi connectivity index (χ3v) is 6.60. The molecule has 0 heterocycles. The Hall–Kier alpha value is -3.12. The fraction of sp³-hybridized carbons (Fsp3) is 0.333. The second-order valence-corrected chi connectivity index (χ2v) is 11.1. The summed E-state index contributed by atoms with van der Waals surface area (Å²) in [5.74, 6) is 0.251. The number of carbonyl (C=O) groups excluding carboxylic acids is 2. The van der Waals surface area contributed by atoms with Crippen molar-refractivity contribution in [2.45, 2.75) is 58.0 Å². The first-order chi connectivity index (χ1) is 17.1. The number of rotatable bonds is 10. The van der Waals surface area contributed by atoms with Crippen LogP contribution in [0.2, 0.25) is 0 Å². The predicted molar refractivity (Wildman–Crippen MR) is 146 cm³/mol. The fourth-order valence-electron chi connectivity index (χ4n) is 3.93. The van der Waals surface area contributed by atoms with E-state index in [9.17, 15) is 14.0 Å². The summed E-state index contributed by atoms with van der Waals surface area (Å²) in [6.45, 7) is 8.18. The number of benzene rings is 3. The van der Waals surface area contributed by atoms with Gasteiger partial charge in [-0.2, -0.15) is 0 Å². The molecule has 0 aliphatic heterocycles. The zero-order valence-corrected chi connectivity index (χ0v) is 22.3. The minimum absolute atomic E-state index is 0.103. The van der Waals surface area contributed by atoms with Crippen molar-refractivity contribution < 1.29 is 14.0 Å². The van der Waals surface area contributed by atoms with E-state index in [0.29, 0.717) is 18.7 Å². The van der Waals surface area contributed by atoms with E-state index in [2.05, 4.69) is 5.32 Å². The quantitative estimate of drug-likeness (QED) is 0.371. The fourth-order valence-corrected chi connectivity index (χ4v) is 4.80. The molecule has 0 aromatic heterocycles. The average molecular weight is 507 g/mol. The third-order valence-electron chi connectivity index (χ3n) is 5.61. The van der Waals surface area contributed by atoms with Gasteiger partial charge in [-0.1, -0.05) is 72.3 Å². The maximum Gasteiger partial charge on any atom is 0.243 e. The minimum atomic E-state index is -0.661. The number of thioether (sulfide) groups is 1. The molecular weight excluding hydrogens is 471 g/mol. The zero-order chi connectivity index (χ0) is 26.1. The van der Waals surface area contributed by atoms with Gasteiger partial charge in [0, 0.05) is 24.3 Å². The van der Waals surface area contributed by atoms with Crippen LogP contribution in [0.3, 0.4) is 0 Å². The molecule has 2 amide bonds. The number of nitrogens with one attached hydrogen (secondary N) is 1. The second kappa shape index (κ2) is 12.7. The Balaban J connectivity index is 1.86. The highest BCUT2D eigenvalue weighted by molar-refractivity contribution is 7.99. The summed E-state index contributed by atoms with van der Waals surface area (Å²) < 4.78 is 13.2. The molecule has 0 radical (unpaired) electrons. The van der Waals surface area contributed by atoms with Gasteiger partial charge in [0.2, 0.25) is 11.8 Å². The van der Waals surface area contributed by atoms with Crippen LogP contribution in [-0.2, 0) is 28.3 Å². The van der Waals surface area contributed by atoms with Crippen molar-refractivity contribution in [1.29, 1.82) is 0 Å². The lowest BCUT2D eigenvalue weighted by Gasteiger charge is -2.34. The first kappa shape index (κ1) is 27.5. The van der Waals surface area contributed by atoms with Crippen molar-refractivity contribution >= 4 is 23.6 Å². The van der Waals surface area contributed by atoms with E-state index in [-0.39, 0.29) is 23.4 Å². The molecule has 0 bridgehead atoms. The lowest BCUT2D eigenvalue weighted by Crippen LogP contribution is -2.54.